The van der Waals surface area contributed by atoms with Crippen LogP contribution in [0.1, 0.15) is 12.5 Å². The Morgan fingerprint density at radius 3 is 2.44 bits per heavy atom. The molecule has 0 aliphatic carbocycles. The van der Waals surface area contributed by atoms with Gasteiger partial charge in [-0.15, -0.1) is 0 Å². The van der Waals surface area contributed by atoms with Crippen molar-refractivity contribution in [3.63, 3.8) is 0 Å². The van der Waals surface area contributed by atoms with E-state index in [1.54, 1.807) is 53.1 Å². The Bertz CT molecular complexity index is 1210. The van der Waals surface area contributed by atoms with Crippen molar-refractivity contribution < 1.29 is 9.90 Å². The first-order valence-electron chi connectivity index (χ1n) is 10.5. The number of hydrogen-bond donors (Lipinski definition) is 2. The molecule has 0 unspecified atom stereocenters. The Labute approximate surface area is 189 Å². The molecule has 168 valence electrons. The molecule has 1 fully saturated rings. The number of thioether (sulfide) groups is 1. The summed E-state index contributed by atoms with van der Waals surface area (Å²) in [7, 11) is 0. The van der Waals surface area contributed by atoms with E-state index in [0.29, 0.717) is 49.3 Å². The maximum Gasteiger partial charge on any atom is 0.329 e. The molecule has 0 bridgehead atoms. The lowest BCUT2D eigenvalue weighted by molar-refractivity contribution is -0.135. The van der Waals surface area contributed by atoms with E-state index in [9.17, 15) is 19.5 Å². The molecule has 1 amide bonds. The van der Waals surface area contributed by atoms with Crippen molar-refractivity contribution in [1.29, 1.82) is 0 Å². The van der Waals surface area contributed by atoms with E-state index in [1.807, 2.05) is 18.4 Å². The smallest absolute Gasteiger partial charge is 0.329 e. The summed E-state index contributed by atoms with van der Waals surface area (Å²) in [6, 6.07) is 13.0. The van der Waals surface area contributed by atoms with Crippen LogP contribution in [0.4, 0.5) is 5.69 Å². The lowest BCUT2D eigenvalue weighted by Gasteiger charge is -2.37. The number of benzene rings is 2. The molecule has 1 aliphatic rings. The number of H-pyrrole nitrogens is 1. The second kappa shape index (κ2) is 9.52. The lowest BCUT2D eigenvalue weighted by Crippen LogP contribution is -2.53. The number of phenols is 1. The topological polar surface area (TPSA) is 98.6 Å². The van der Waals surface area contributed by atoms with Crippen LogP contribution < -0.4 is 16.1 Å². The van der Waals surface area contributed by atoms with Crippen LogP contribution in [-0.4, -0.2) is 63.7 Å². The number of anilines is 1. The number of aromatic hydroxyl groups is 1. The quantitative estimate of drug-likeness (QED) is 0.592. The SMILES string of the molecule is CSCC[C@@H](C(=O)N1CCN(c2ccc(O)cc2)CC1)n1c(=O)[nH]c2ccccc2c1=O. The molecule has 1 aliphatic heterocycles. The molecule has 9 heteroatoms. The summed E-state index contributed by atoms with van der Waals surface area (Å²) in [5, 5.41) is 9.89. The molecule has 4 rings (SSSR count). The molecule has 1 aromatic heterocycles. The van der Waals surface area contributed by atoms with Gasteiger partial charge >= 0.3 is 5.69 Å². The molecule has 1 saturated heterocycles. The summed E-state index contributed by atoms with van der Waals surface area (Å²) in [6.07, 6.45) is 2.34. The summed E-state index contributed by atoms with van der Waals surface area (Å²) >= 11 is 1.58. The monoisotopic (exact) mass is 454 g/mol. The third-order valence-corrected chi connectivity index (χ3v) is 6.48. The van der Waals surface area contributed by atoms with Crippen LogP contribution in [0.5, 0.6) is 5.75 Å². The largest absolute Gasteiger partial charge is 0.508 e. The maximum absolute atomic E-state index is 13.5. The highest BCUT2D eigenvalue weighted by Crippen LogP contribution is 2.22. The average molecular weight is 455 g/mol. The molecule has 2 aromatic carbocycles. The number of piperazine rings is 1. The van der Waals surface area contributed by atoms with E-state index in [1.165, 1.54) is 0 Å². The van der Waals surface area contributed by atoms with Crippen molar-refractivity contribution in [3.8, 4) is 5.75 Å². The number of rotatable bonds is 6. The van der Waals surface area contributed by atoms with Gasteiger partial charge in [-0.3, -0.25) is 9.59 Å². The van der Waals surface area contributed by atoms with Crippen LogP contribution in [-0.2, 0) is 4.79 Å². The van der Waals surface area contributed by atoms with Gasteiger partial charge in [0, 0.05) is 31.9 Å². The van der Waals surface area contributed by atoms with Crippen molar-refractivity contribution in [2.24, 2.45) is 0 Å². The van der Waals surface area contributed by atoms with Crippen LogP contribution in [0.2, 0.25) is 0 Å². The number of phenolic OH excluding ortho intramolecular Hbond substituents is 1. The molecule has 1 atom stereocenters. The first-order chi connectivity index (χ1) is 15.5. The fourth-order valence-electron chi connectivity index (χ4n) is 4.11. The summed E-state index contributed by atoms with van der Waals surface area (Å²) < 4.78 is 1.09. The van der Waals surface area contributed by atoms with Crippen molar-refractivity contribution >= 4 is 34.3 Å². The number of carbonyl (C=O) groups is 1. The Hall–Kier alpha value is -3.20. The Morgan fingerprint density at radius 2 is 1.75 bits per heavy atom. The second-order valence-corrected chi connectivity index (χ2v) is 8.76. The second-order valence-electron chi connectivity index (χ2n) is 7.78. The number of aromatic nitrogens is 2. The fourth-order valence-corrected chi connectivity index (χ4v) is 4.57. The van der Waals surface area contributed by atoms with Gasteiger partial charge < -0.3 is 19.9 Å². The molecule has 32 heavy (non-hydrogen) atoms. The molecule has 0 radical (unpaired) electrons. The number of nitrogens with one attached hydrogen (secondary N) is 1. The molecule has 8 nitrogen and oxygen atoms in total. The number of aromatic amines is 1. The Balaban J connectivity index is 1.59. The summed E-state index contributed by atoms with van der Waals surface area (Å²) in [5.41, 5.74) is 0.454. The highest BCUT2D eigenvalue weighted by Gasteiger charge is 2.31. The number of carbonyl (C=O) groups excluding carboxylic acids is 1. The van der Waals surface area contributed by atoms with Crippen LogP contribution in [0, 0.1) is 0 Å². The van der Waals surface area contributed by atoms with Gasteiger partial charge in [0.05, 0.1) is 10.9 Å². The van der Waals surface area contributed by atoms with Crippen LogP contribution in [0.15, 0.2) is 58.1 Å². The van der Waals surface area contributed by atoms with Crippen molar-refractivity contribution in [2.75, 3.05) is 43.1 Å². The number of nitrogens with zero attached hydrogens (tertiary/aromatic N) is 3. The van der Waals surface area contributed by atoms with Crippen molar-refractivity contribution in [2.45, 2.75) is 12.5 Å². The highest BCUT2D eigenvalue weighted by molar-refractivity contribution is 7.98. The molecular weight excluding hydrogens is 428 g/mol. The minimum Gasteiger partial charge on any atom is -0.508 e. The number of para-hydroxylation sites is 1. The van der Waals surface area contributed by atoms with Gasteiger partial charge in [-0.05, 0) is 54.8 Å². The molecule has 0 spiro atoms. The third-order valence-electron chi connectivity index (χ3n) is 5.84. The number of amides is 1. The van der Waals surface area contributed by atoms with Gasteiger partial charge in [0.1, 0.15) is 11.8 Å². The van der Waals surface area contributed by atoms with Gasteiger partial charge in [-0.1, -0.05) is 12.1 Å². The van der Waals surface area contributed by atoms with Gasteiger partial charge in [0.2, 0.25) is 5.91 Å². The van der Waals surface area contributed by atoms with E-state index >= 15 is 0 Å². The van der Waals surface area contributed by atoms with Crippen molar-refractivity contribution in [1.82, 2.24) is 14.5 Å². The standard InChI is InChI=1S/C23H26N4O4S/c1-32-15-10-20(27-21(29)18-4-2-3-5-19(18)24-23(27)31)22(30)26-13-11-25(12-14-26)16-6-8-17(28)9-7-16/h2-9,20,28H,10-15H2,1H3,(H,24,31)/t20-/m0/s1. The Morgan fingerprint density at radius 1 is 1.06 bits per heavy atom. The van der Waals surface area contributed by atoms with Gasteiger partial charge in [0.25, 0.3) is 5.56 Å². The zero-order chi connectivity index (χ0) is 22.7. The van der Waals surface area contributed by atoms with Crippen LogP contribution >= 0.6 is 11.8 Å². The number of hydrogen-bond acceptors (Lipinski definition) is 6. The highest BCUT2D eigenvalue weighted by atomic mass is 32.2. The average Bonchev–Trinajstić information content (AvgIpc) is 2.81. The third kappa shape index (κ3) is 4.38. The predicted octanol–water partition coefficient (Wildman–Crippen LogP) is 2.04. The fraction of sp³-hybridized carbons (Fsp3) is 0.348. The Kier molecular flexibility index (Phi) is 6.55. The normalized spacial score (nSPS) is 15.2. The van der Waals surface area contributed by atoms with E-state index in [4.69, 9.17) is 0 Å². The summed E-state index contributed by atoms with van der Waals surface area (Å²) in [6.45, 7) is 2.26. The van der Waals surface area contributed by atoms with Gasteiger partial charge in [-0.2, -0.15) is 11.8 Å². The first kappa shape index (κ1) is 22.0. The van der Waals surface area contributed by atoms with E-state index in [-0.39, 0.29) is 11.7 Å². The van der Waals surface area contributed by atoms with Crippen LogP contribution in [0.25, 0.3) is 10.9 Å². The van der Waals surface area contributed by atoms with E-state index < -0.39 is 17.3 Å². The molecule has 3 aromatic rings. The van der Waals surface area contributed by atoms with Crippen LogP contribution in [0.3, 0.4) is 0 Å². The van der Waals surface area contributed by atoms with Crippen molar-refractivity contribution in [3.05, 3.63) is 69.4 Å². The molecule has 0 saturated carbocycles. The van der Waals surface area contributed by atoms with Gasteiger partial charge in [-0.25, -0.2) is 9.36 Å². The molecule has 2 heterocycles. The lowest BCUT2D eigenvalue weighted by atomic mass is 10.1. The number of fused-ring (bicyclic) bond motifs is 1. The van der Waals surface area contributed by atoms with Gasteiger partial charge in [0.15, 0.2) is 0 Å². The molecule has 2 N–H and O–H groups in total. The predicted molar refractivity (Wildman–Crippen MR) is 128 cm³/mol. The minimum absolute atomic E-state index is 0.202. The minimum atomic E-state index is -0.844. The summed E-state index contributed by atoms with van der Waals surface area (Å²) in [4.78, 5) is 46.1. The van der Waals surface area contributed by atoms with E-state index in [0.717, 1.165) is 10.3 Å². The summed E-state index contributed by atoms with van der Waals surface area (Å²) in [5.74, 6) is 0.667. The van der Waals surface area contributed by atoms with E-state index in [2.05, 4.69) is 9.88 Å². The molecular formula is C23H26N4O4S. The zero-order valence-corrected chi connectivity index (χ0v) is 18.7. The zero-order valence-electron chi connectivity index (χ0n) is 17.9. The maximum atomic E-state index is 13.5. The first-order valence-corrected chi connectivity index (χ1v) is 11.9.